The average molecular weight is 180 g/mol. The van der Waals surface area contributed by atoms with Crippen LogP contribution in [0, 0.1) is 0 Å². The number of rotatable bonds is 2. The van der Waals surface area contributed by atoms with Crippen molar-refractivity contribution < 1.29 is 5.21 Å². The van der Waals surface area contributed by atoms with Gasteiger partial charge in [-0.3, -0.25) is 4.68 Å². The van der Waals surface area contributed by atoms with Crippen molar-refractivity contribution in [3.63, 3.8) is 0 Å². The van der Waals surface area contributed by atoms with E-state index in [1.54, 1.807) is 6.20 Å². The summed E-state index contributed by atoms with van der Waals surface area (Å²) in [6.45, 7) is 0. The van der Waals surface area contributed by atoms with Gasteiger partial charge in [0.15, 0.2) is 5.84 Å². The summed E-state index contributed by atoms with van der Waals surface area (Å²) >= 11 is 0. The first-order chi connectivity index (χ1) is 6.31. The van der Waals surface area contributed by atoms with E-state index in [1.165, 1.54) is 19.3 Å². The van der Waals surface area contributed by atoms with E-state index in [1.807, 2.05) is 10.9 Å². The molecule has 1 aromatic rings. The lowest BCUT2D eigenvalue weighted by atomic mass is 9.93. The maximum absolute atomic E-state index is 8.43. The van der Waals surface area contributed by atoms with Crippen molar-refractivity contribution in [1.82, 2.24) is 9.78 Å². The molecule has 3 N–H and O–H groups in total. The quantitative estimate of drug-likeness (QED) is 0.304. The predicted molar refractivity (Wildman–Crippen MR) is 47.6 cm³/mol. The van der Waals surface area contributed by atoms with Crippen molar-refractivity contribution in [3.05, 3.63) is 18.0 Å². The monoisotopic (exact) mass is 180 g/mol. The Morgan fingerprint density at radius 2 is 2.46 bits per heavy atom. The van der Waals surface area contributed by atoms with Crippen LogP contribution in [0.3, 0.4) is 0 Å². The van der Waals surface area contributed by atoms with Crippen molar-refractivity contribution in [1.29, 1.82) is 0 Å². The fraction of sp³-hybridized carbons (Fsp3) is 0.500. The van der Waals surface area contributed by atoms with E-state index in [-0.39, 0.29) is 5.84 Å². The fourth-order valence-corrected chi connectivity index (χ4v) is 1.38. The lowest BCUT2D eigenvalue weighted by Gasteiger charge is -2.25. The summed E-state index contributed by atoms with van der Waals surface area (Å²) in [6, 6.07) is 0.514. The number of oxime groups is 1. The Morgan fingerprint density at radius 3 is 3.00 bits per heavy atom. The van der Waals surface area contributed by atoms with Gasteiger partial charge in [-0.15, -0.1) is 0 Å². The van der Waals surface area contributed by atoms with Crippen LogP contribution in [0.5, 0.6) is 0 Å². The molecule has 1 heterocycles. The standard InChI is InChI=1S/C8H12N4O/c9-8(11-13)6-4-10-12(5-6)7-2-1-3-7/h4-5,7,13H,1-3H2,(H2,9,11). The smallest absolute Gasteiger partial charge is 0.173 e. The number of nitrogens with zero attached hydrogens (tertiary/aromatic N) is 3. The Morgan fingerprint density at radius 1 is 1.69 bits per heavy atom. The van der Waals surface area contributed by atoms with Gasteiger partial charge in [-0.05, 0) is 19.3 Å². The van der Waals surface area contributed by atoms with Crippen LogP contribution in [-0.4, -0.2) is 20.8 Å². The zero-order valence-electron chi connectivity index (χ0n) is 7.22. The van der Waals surface area contributed by atoms with Gasteiger partial charge in [-0.2, -0.15) is 5.10 Å². The summed E-state index contributed by atoms with van der Waals surface area (Å²) < 4.78 is 1.89. The molecule has 1 aromatic heterocycles. The van der Waals surface area contributed by atoms with Crippen LogP contribution in [0.1, 0.15) is 30.9 Å². The summed E-state index contributed by atoms with van der Waals surface area (Å²) in [7, 11) is 0. The fourth-order valence-electron chi connectivity index (χ4n) is 1.38. The van der Waals surface area contributed by atoms with Crippen LogP contribution in [0.25, 0.3) is 0 Å². The maximum atomic E-state index is 8.43. The van der Waals surface area contributed by atoms with Crippen LogP contribution in [0.15, 0.2) is 17.5 Å². The average Bonchev–Trinajstić information content (AvgIpc) is 2.49. The SMILES string of the molecule is N/C(=N/O)c1cnn(C2CCC2)c1. The van der Waals surface area contributed by atoms with Crippen LogP contribution >= 0.6 is 0 Å². The maximum Gasteiger partial charge on any atom is 0.173 e. The molecule has 0 unspecified atom stereocenters. The van der Waals surface area contributed by atoms with E-state index in [4.69, 9.17) is 10.9 Å². The third-order valence-corrected chi connectivity index (χ3v) is 2.45. The molecule has 0 aromatic carbocycles. The van der Waals surface area contributed by atoms with Gasteiger partial charge in [0.05, 0.1) is 17.8 Å². The summed E-state index contributed by atoms with van der Waals surface area (Å²) in [6.07, 6.45) is 7.06. The summed E-state index contributed by atoms with van der Waals surface area (Å²) in [4.78, 5) is 0. The highest BCUT2D eigenvalue weighted by Gasteiger charge is 2.20. The third-order valence-electron chi connectivity index (χ3n) is 2.45. The normalized spacial score (nSPS) is 18.6. The van der Waals surface area contributed by atoms with E-state index >= 15 is 0 Å². The molecule has 1 fully saturated rings. The van der Waals surface area contributed by atoms with E-state index in [0.29, 0.717) is 11.6 Å². The Balaban J connectivity index is 2.17. The minimum Gasteiger partial charge on any atom is -0.409 e. The zero-order valence-corrected chi connectivity index (χ0v) is 7.22. The Hall–Kier alpha value is -1.52. The van der Waals surface area contributed by atoms with Crippen LogP contribution in [0.4, 0.5) is 0 Å². The first kappa shape index (κ1) is 8.10. The van der Waals surface area contributed by atoms with Crippen LogP contribution in [-0.2, 0) is 0 Å². The molecule has 0 radical (unpaired) electrons. The Kier molecular flexibility index (Phi) is 1.92. The minimum absolute atomic E-state index is 0.116. The molecule has 2 rings (SSSR count). The summed E-state index contributed by atoms with van der Waals surface area (Å²) in [5.74, 6) is 0.116. The molecule has 13 heavy (non-hydrogen) atoms. The van der Waals surface area contributed by atoms with E-state index in [2.05, 4.69) is 10.3 Å². The van der Waals surface area contributed by atoms with Gasteiger partial charge in [0, 0.05) is 6.20 Å². The molecule has 1 saturated carbocycles. The van der Waals surface area contributed by atoms with Gasteiger partial charge in [0.2, 0.25) is 0 Å². The molecule has 1 aliphatic rings. The van der Waals surface area contributed by atoms with Crippen LogP contribution < -0.4 is 5.73 Å². The first-order valence-corrected chi connectivity index (χ1v) is 4.33. The van der Waals surface area contributed by atoms with Crippen molar-refractivity contribution in [2.45, 2.75) is 25.3 Å². The van der Waals surface area contributed by atoms with Crippen molar-refractivity contribution in [3.8, 4) is 0 Å². The number of hydrogen-bond donors (Lipinski definition) is 2. The predicted octanol–water partition coefficient (Wildman–Crippen LogP) is 0.703. The van der Waals surface area contributed by atoms with Gasteiger partial charge >= 0.3 is 0 Å². The molecule has 5 nitrogen and oxygen atoms in total. The van der Waals surface area contributed by atoms with Gasteiger partial charge in [-0.25, -0.2) is 0 Å². The molecule has 70 valence electrons. The molecular weight excluding hydrogens is 168 g/mol. The molecule has 0 bridgehead atoms. The molecule has 1 aliphatic carbocycles. The summed E-state index contributed by atoms with van der Waals surface area (Å²) in [5, 5.41) is 15.5. The molecule has 0 saturated heterocycles. The summed E-state index contributed by atoms with van der Waals surface area (Å²) in [5.41, 5.74) is 6.09. The minimum atomic E-state index is 0.116. The van der Waals surface area contributed by atoms with Crippen LogP contribution in [0.2, 0.25) is 0 Å². The highest BCUT2D eigenvalue weighted by atomic mass is 16.4. The molecule has 0 amide bonds. The number of hydrogen-bond acceptors (Lipinski definition) is 3. The number of aromatic nitrogens is 2. The second kappa shape index (κ2) is 3.08. The van der Waals surface area contributed by atoms with Crippen molar-refractivity contribution >= 4 is 5.84 Å². The van der Waals surface area contributed by atoms with Gasteiger partial charge < -0.3 is 10.9 Å². The largest absolute Gasteiger partial charge is 0.409 e. The Labute approximate surface area is 75.8 Å². The lowest BCUT2D eigenvalue weighted by Crippen LogP contribution is -2.17. The zero-order chi connectivity index (χ0) is 9.26. The van der Waals surface area contributed by atoms with Crippen molar-refractivity contribution in [2.24, 2.45) is 10.9 Å². The van der Waals surface area contributed by atoms with E-state index in [0.717, 1.165) is 0 Å². The molecule has 0 atom stereocenters. The van der Waals surface area contributed by atoms with Gasteiger partial charge in [0.25, 0.3) is 0 Å². The van der Waals surface area contributed by atoms with E-state index in [9.17, 15) is 0 Å². The van der Waals surface area contributed by atoms with Gasteiger partial charge in [-0.1, -0.05) is 5.16 Å². The molecule has 0 spiro atoms. The Bertz CT molecular complexity index is 327. The van der Waals surface area contributed by atoms with Crippen molar-refractivity contribution in [2.75, 3.05) is 0 Å². The number of nitrogens with two attached hydrogens (primary N) is 1. The third kappa shape index (κ3) is 1.37. The molecular formula is C8H12N4O. The lowest BCUT2D eigenvalue weighted by molar-refractivity contribution is 0.289. The molecule has 5 heteroatoms. The first-order valence-electron chi connectivity index (χ1n) is 4.33. The van der Waals surface area contributed by atoms with E-state index < -0.39 is 0 Å². The second-order valence-electron chi connectivity index (χ2n) is 3.28. The second-order valence-corrected chi connectivity index (χ2v) is 3.28. The highest BCUT2D eigenvalue weighted by Crippen LogP contribution is 2.30. The van der Waals surface area contributed by atoms with Gasteiger partial charge in [0.1, 0.15) is 0 Å². The number of amidine groups is 1. The topological polar surface area (TPSA) is 76.4 Å². The highest BCUT2D eigenvalue weighted by molar-refractivity contribution is 5.96. The molecule has 0 aliphatic heterocycles.